The predicted octanol–water partition coefficient (Wildman–Crippen LogP) is 4.08. The van der Waals surface area contributed by atoms with Crippen LogP contribution in [0.25, 0.3) is 0 Å². The molecule has 150 valence electrons. The van der Waals surface area contributed by atoms with Gasteiger partial charge in [0.1, 0.15) is 12.6 Å². The third-order valence-corrected chi connectivity index (χ3v) is 6.70. The Morgan fingerprint density at radius 2 is 1.54 bits per heavy atom. The molecule has 2 aliphatic heterocycles. The third-order valence-electron chi connectivity index (χ3n) is 6.70. The van der Waals surface area contributed by atoms with Gasteiger partial charge in [0, 0.05) is 17.9 Å². The van der Waals surface area contributed by atoms with Crippen LogP contribution in [0.2, 0.25) is 0 Å². The summed E-state index contributed by atoms with van der Waals surface area (Å²) in [7, 11) is 9.21. The van der Waals surface area contributed by atoms with Crippen molar-refractivity contribution in [2.24, 2.45) is 0 Å². The zero-order chi connectivity index (χ0) is 20.1. The van der Waals surface area contributed by atoms with E-state index in [0.717, 1.165) is 47.0 Å². The molecule has 0 saturated carbocycles. The highest BCUT2D eigenvalue weighted by atomic mass is 16.5. The fourth-order valence-corrected chi connectivity index (χ4v) is 5.39. The van der Waals surface area contributed by atoms with Gasteiger partial charge in [0.05, 0.1) is 47.6 Å². The van der Waals surface area contributed by atoms with Crippen molar-refractivity contribution in [1.29, 1.82) is 0 Å². The van der Waals surface area contributed by atoms with Crippen LogP contribution >= 0.6 is 0 Å². The van der Waals surface area contributed by atoms with Crippen molar-refractivity contribution in [1.82, 2.24) is 0 Å². The summed E-state index contributed by atoms with van der Waals surface area (Å²) in [5.41, 5.74) is 5.37. The molecular formula is C23H30NO4+. The van der Waals surface area contributed by atoms with Crippen LogP contribution in [0.5, 0.6) is 23.0 Å². The molecule has 0 radical (unpaired) electrons. The molecule has 28 heavy (non-hydrogen) atoms. The first-order valence-electron chi connectivity index (χ1n) is 9.80. The second kappa shape index (κ2) is 6.89. The zero-order valence-electron chi connectivity index (χ0n) is 17.7. The fraction of sp³-hybridized carbons (Fsp3) is 0.478. The Morgan fingerprint density at radius 1 is 0.857 bits per heavy atom. The first-order chi connectivity index (χ1) is 13.5. The summed E-state index contributed by atoms with van der Waals surface area (Å²) >= 11 is 0. The maximum atomic E-state index is 5.77. The summed E-state index contributed by atoms with van der Waals surface area (Å²) in [4.78, 5) is 0. The largest absolute Gasteiger partial charge is 0.493 e. The average molecular weight is 384 g/mol. The summed E-state index contributed by atoms with van der Waals surface area (Å²) in [6.45, 7) is 4.34. The molecule has 0 amide bonds. The van der Waals surface area contributed by atoms with Crippen LogP contribution in [-0.2, 0) is 13.0 Å². The van der Waals surface area contributed by atoms with Crippen molar-refractivity contribution < 1.29 is 23.4 Å². The van der Waals surface area contributed by atoms with Gasteiger partial charge in [-0.05, 0) is 29.3 Å². The van der Waals surface area contributed by atoms with Crippen molar-refractivity contribution in [2.75, 3.05) is 42.0 Å². The fourth-order valence-electron chi connectivity index (χ4n) is 5.39. The Kier molecular flexibility index (Phi) is 4.66. The van der Waals surface area contributed by atoms with Crippen LogP contribution in [0.3, 0.4) is 0 Å². The zero-order valence-corrected chi connectivity index (χ0v) is 17.7. The van der Waals surface area contributed by atoms with Crippen molar-refractivity contribution in [3.05, 3.63) is 46.5 Å². The lowest BCUT2D eigenvalue weighted by atomic mass is 9.75. The molecule has 0 saturated heterocycles. The van der Waals surface area contributed by atoms with Gasteiger partial charge >= 0.3 is 0 Å². The molecular weight excluding hydrogens is 354 g/mol. The molecule has 2 aromatic carbocycles. The topological polar surface area (TPSA) is 36.9 Å². The van der Waals surface area contributed by atoms with Crippen LogP contribution < -0.4 is 18.9 Å². The molecule has 2 heterocycles. The molecule has 4 rings (SSSR count). The van der Waals surface area contributed by atoms with Crippen molar-refractivity contribution in [3.63, 3.8) is 0 Å². The van der Waals surface area contributed by atoms with E-state index < -0.39 is 0 Å². The van der Waals surface area contributed by atoms with E-state index in [1.165, 1.54) is 22.3 Å². The van der Waals surface area contributed by atoms with Gasteiger partial charge in [-0.3, -0.25) is 0 Å². The van der Waals surface area contributed by atoms with E-state index in [-0.39, 0.29) is 0 Å². The number of methoxy groups -OCH3 is 4. The molecule has 3 atom stereocenters. The first kappa shape index (κ1) is 18.9. The highest BCUT2D eigenvalue weighted by Gasteiger charge is 2.48. The standard InChI is InChI=1S/C23H30NO4/c1-14-16-7-8-19(25-3)23(28-6)18(16)13-24(2)10-9-15-11-20(26-4)21(27-5)12-17(15)22(14)24/h7-8,11-12,14,22H,9-10,13H2,1-6H3/q+1/t14-,22-,24+/m1/s1. The average Bonchev–Trinajstić information content (AvgIpc) is 2.71. The summed E-state index contributed by atoms with van der Waals surface area (Å²) < 4.78 is 23.4. The molecule has 0 fully saturated rings. The molecule has 0 N–H and O–H groups in total. The van der Waals surface area contributed by atoms with E-state index >= 15 is 0 Å². The summed E-state index contributed by atoms with van der Waals surface area (Å²) in [6, 6.07) is 8.96. The Morgan fingerprint density at radius 3 is 2.18 bits per heavy atom. The highest BCUT2D eigenvalue weighted by molar-refractivity contribution is 5.55. The molecule has 0 aromatic heterocycles. The van der Waals surface area contributed by atoms with Crippen LogP contribution in [0.15, 0.2) is 24.3 Å². The van der Waals surface area contributed by atoms with E-state index in [1.807, 2.05) is 6.07 Å². The predicted molar refractivity (Wildman–Crippen MR) is 109 cm³/mol. The quantitative estimate of drug-likeness (QED) is 0.745. The maximum Gasteiger partial charge on any atom is 0.169 e. The van der Waals surface area contributed by atoms with Crippen molar-refractivity contribution >= 4 is 0 Å². The summed E-state index contributed by atoms with van der Waals surface area (Å²) in [5, 5.41) is 0. The van der Waals surface area contributed by atoms with Gasteiger partial charge in [-0.2, -0.15) is 0 Å². The molecule has 2 aromatic rings. The monoisotopic (exact) mass is 384 g/mol. The van der Waals surface area contributed by atoms with Crippen LogP contribution in [0.1, 0.15) is 41.1 Å². The van der Waals surface area contributed by atoms with E-state index in [1.54, 1.807) is 28.4 Å². The smallest absolute Gasteiger partial charge is 0.169 e. The van der Waals surface area contributed by atoms with Gasteiger partial charge in [0.2, 0.25) is 0 Å². The van der Waals surface area contributed by atoms with E-state index in [0.29, 0.717) is 12.0 Å². The summed E-state index contributed by atoms with van der Waals surface area (Å²) in [5.74, 6) is 3.66. The van der Waals surface area contributed by atoms with Crippen LogP contribution in [0, 0.1) is 0 Å². The minimum atomic E-state index is 0.353. The molecule has 0 aliphatic carbocycles. The van der Waals surface area contributed by atoms with Gasteiger partial charge in [0.15, 0.2) is 23.0 Å². The maximum absolute atomic E-state index is 5.77. The van der Waals surface area contributed by atoms with Crippen molar-refractivity contribution in [2.45, 2.75) is 31.8 Å². The first-order valence-corrected chi connectivity index (χ1v) is 9.80. The van der Waals surface area contributed by atoms with Crippen LogP contribution in [0.4, 0.5) is 0 Å². The molecule has 2 aliphatic rings. The molecule has 5 nitrogen and oxygen atoms in total. The lowest BCUT2D eigenvalue weighted by molar-refractivity contribution is -0.957. The number of rotatable bonds is 4. The number of hydrogen-bond donors (Lipinski definition) is 0. The Balaban J connectivity index is 1.88. The van der Waals surface area contributed by atoms with E-state index in [2.05, 4.69) is 32.2 Å². The van der Waals surface area contributed by atoms with Gasteiger partial charge in [-0.15, -0.1) is 0 Å². The Bertz CT molecular complexity index is 910. The van der Waals surface area contributed by atoms with Crippen LogP contribution in [-0.4, -0.2) is 46.5 Å². The second-order valence-electron chi connectivity index (χ2n) is 8.12. The van der Waals surface area contributed by atoms with Gasteiger partial charge < -0.3 is 23.4 Å². The SMILES string of the molecule is COc1cc2c(cc1OC)[C@H]1[C@H](C)c3ccc(OC)c(OC)c3C[N@+]1(C)CC2. The Labute approximate surface area is 167 Å². The van der Waals surface area contributed by atoms with Gasteiger partial charge in [-0.25, -0.2) is 0 Å². The lowest BCUT2D eigenvalue weighted by Crippen LogP contribution is -2.54. The minimum Gasteiger partial charge on any atom is -0.493 e. The highest BCUT2D eigenvalue weighted by Crippen LogP contribution is 2.53. The second-order valence-corrected chi connectivity index (χ2v) is 8.12. The van der Waals surface area contributed by atoms with Gasteiger partial charge in [0.25, 0.3) is 0 Å². The lowest BCUT2D eigenvalue weighted by Gasteiger charge is -2.51. The van der Waals surface area contributed by atoms with Gasteiger partial charge in [-0.1, -0.05) is 13.0 Å². The molecule has 0 unspecified atom stereocenters. The number of quaternary nitrogens is 1. The number of fused-ring (bicyclic) bond motifs is 4. The number of benzene rings is 2. The molecule has 0 spiro atoms. The number of hydrogen-bond acceptors (Lipinski definition) is 4. The minimum absolute atomic E-state index is 0.353. The number of likely N-dealkylation sites (N-methyl/N-ethyl adjacent to an activating group) is 1. The number of nitrogens with zero attached hydrogens (tertiary/aromatic N) is 1. The van der Waals surface area contributed by atoms with E-state index in [4.69, 9.17) is 18.9 Å². The summed E-state index contributed by atoms with van der Waals surface area (Å²) in [6.07, 6.45) is 1.02. The molecule has 0 bridgehead atoms. The Hall–Kier alpha value is -2.40. The third kappa shape index (κ3) is 2.64. The molecule has 5 heteroatoms. The van der Waals surface area contributed by atoms with Crippen molar-refractivity contribution in [3.8, 4) is 23.0 Å². The normalized spacial score (nSPS) is 25.2. The number of ether oxygens (including phenoxy) is 4. The van der Waals surface area contributed by atoms with E-state index in [9.17, 15) is 0 Å².